The molecule has 2 aliphatic rings. The van der Waals surface area contributed by atoms with Crippen LogP contribution < -0.4 is 5.01 Å². The average Bonchev–Trinajstić information content (AvgIpc) is 3.43. The highest BCUT2D eigenvalue weighted by molar-refractivity contribution is 6.08. The number of nitro groups is 1. The lowest BCUT2D eigenvalue weighted by Crippen LogP contribution is -2.28. The van der Waals surface area contributed by atoms with Crippen molar-refractivity contribution in [2.75, 3.05) is 5.01 Å². The number of allylic oxidation sites excluding steroid dienone is 1. The molecule has 30 heavy (non-hydrogen) atoms. The molecular formula is C24H21N3O3. The van der Waals surface area contributed by atoms with Crippen molar-refractivity contribution in [3.05, 3.63) is 100 Å². The highest BCUT2D eigenvalue weighted by Gasteiger charge is 2.42. The number of non-ortho nitro benzene ring substituents is 1. The maximum Gasteiger partial charge on any atom is 0.269 e. The Morgan fingerprint density at radius 1 is 1.10 bits per heavy atom. The maximum atomic E-state index is 11.4. The molecule has 2 atom stereocenters. The third-order valence-electron chi connectivity index (χ3n) is 5.80. The van der Waals surface area contributed by atoms with Crippen LogP contribution in [0.25, 0.3) is 6.08 Å². The van der Waals surface area contributed by atoms with Crippen LogP contribution in [0.15, 0.2) is 88.1 Å². The largest absolute Gasteiger partial charge is 0.465 e. The Balaban J connectivity index is 1.61. The van der Waals surface area contributed by atoms with E-state index < -0.39 is 0 Å². The number of hydrogen-bond donors (Lipinski definition) is 0. The molecule has 2 unspecified atom stereocenters. The Kier molecular flexibility index (Phi) is 4.67. The van der Waals surface area contributed by atoms with Crippen LogP contribution in [0.3, 0.4) is 0 Å². The lowest BCUT2D eigenvalue weighted by molar-refractivity contribution is -0.384. The van der Waals surface area contributed by atoms with Crippen molar-refractivity contribution in [2.24, 2.45) is 11.0 Å². The summed E-state index contributed by atoms with van der Waals surface area (Å²) in [4.78, 5) is 11.0. The zero-order valence-electron chi connectivity index (χ0n) is 16.3. The molecule has 2 aromatic carbocycles. The molecule has 0 amide bonds. The normalized spacial score (nSPS) is 22.1. The molecule has 0 bridgehead atoms. The third-order valence-corrected chi connectivity index (χ3v) is 5.80. The van der Waals surface area contributed by atoms with Gasteiger partial charge in [-0.1, -0.05) is 30.3 Å². The summed E-state index contributed by atoms with van der Waals surface area (Å²) < 4.78 is 5.53. The predicted octanol–water partition coefficient (Wildman–Crippen LogP) is 5.99. The Morgan fingerprint density at radius 2 is 1.97 bits per heavy atom. The molecule has 1 fully saturated rings. The van der Waals surface area contributed by atoms with Crippen LogP contribution in [0.2, 0.25) is 0 Å². The first kappa shape index (κ1) is 18.4. The topological polar surface area (TPSA) is 71.9 Å². The van der Waals surface area contributed by atoms with E-state index in [9.17, 15) is 10.1 Å². The maximum absolute atomic E-state index is 11.4. The van der Waals surface area contributed by atoms with E-state index in [1.807, 2.05) is 53.5 Å². The summed E-state index contributed by atoms with van der Waals surface area (Å²) in [6.07, 6.45) is 6.73. The van der Waals surface area contributed by atoms with Crippen molar-refractivity contribution in [2.45, 2.75) is 25.3 Å². The second-order valence-corrected chi connectivity index (χ2v) is 7.65. The smallest absolute Gasteiger partial charge is 0.269 e. The summed E-state index contributed by atoms with van der Waals surface area (Å²) in [5.74, 6) is 0.987. The van der Waals surface area contributed by atoms with Gasteiger partial charge in [-0.05, 0) is 60.7 Å². The number of hydrazone groups is 1. The molecule has 0 saturated heterocycles. The highest BCUT2D eigenvalue weighted by Crippen LogP contribution is 2.46. The summed E-state index contributed by atoms with van der Waals surface area (Å²) in [6, 6.07) is 20.7. The van der Waals surface area contributed by atoms with Crippen LogP contribution >= 0.6 is 0 Å². The number of nitrogens with zero attached hydrogens (tertiary/aromatic N) is 3. The summed E-state index contributed by atoms with van der Waals surface area (Å²) >= 11 is 0. The summed E-state index contributed by atoms with van der Waals surface area (Å²) in [5.41, 5.74) is 4.23. The summed E-state index contributed by atoms with van der Waals surface area (Å²) in [6.45, 7) is 0. The first-order chi connectivity index (χ1) is 14.7. The number of hydrogen-bond acceptors (Lipinski definition) is 5. The number of furan rings is 1. The Morgan fingerprint density at radius 3 is 2.73 bits per heavy atom. The molecule has 1 aliphatic carbocycles. The van der Waals surface area contributed by atoms with Crippen molar-refractivity contribution in [1.82, 2.24) is 0 Å². The summed E-state index contributed by atoms with van der Waals surface area (Å²) in [5, 5.41) is 18.4. The van der Waals surface area contributed by atoms with Crippen LogP contribution in [0.5, 0.6) is 0 Å². The van der Waals surface area contributed by atoms with Crippen LogP contribution in [-0.4, -0.2) is 10.6 Å². The molecule has 6 nitrogen and oxygen atoms in total. The molecule has 6 heteroatoms. The van der Waals surface area contributed by atoms with Crippen LogP contribution in [-0.2, 0) is 0 Å². The van der Waals surface area contributed by atoms with Gasteiger partial charge in [-0.3, -0.25) is 15.1 Å². The minimum absolute atomic E-state index is 0.0809. The quantitative estimate of drug-likeness (QED) is 0.399. The molecular weight excluding hydrogens is 378 g/mol. The standard InChI is InChI=1S/C24H21N3O3/c28-27(29)20-11-4-8-18(15-20)24-22-13-5-7-17(16-21-12-6-14-30-21)23(22)25-26(24)19-9-2-1-3-10-19/h1-4,6,8-12,14-16,22,24H,5,7,13H2. The van der Waals surface area contributed by atoms with E-state index >= 15 is 0 Å². The number of benzene rings is 2. The van der Waals surface area contributed by atoms with Crippen molar-refractivity contribution in [3.63, 3.8) is 0 Å². The first-order valence-corrected chi connectivity index (χ1v) is 10.1. The SMILES string of the molecule is O=[N+]([O-])c1cccc(C2C3CCCC(=Cc4ccco4)C3=NN2c2ccccc2)c1. The second-order valence-electron chi connectivity index (χ2n) is 7.65. The predicted molar refractivity (Wildman–Crippen MR) is 116 cm³/mol. The fraction of sp³-hybridized carbons (Fsp3) is 0.208. The highest BCUT2D eigenvalue weighted by atomic mass is 16.6. The number of rotatable bonds is 4. The van der Waals surface area contributed by atoms with Crippen molar-refractivity contribution >= 4 is 23.2 Å². The van der Waals surface area contributed by atoms with Crippen molar-refractivity contribution < 1.29 is 9.34 Å². The summed E-state index contributed by atoms with van der Waals surface area (Å²) in [7, 11) is 0. The first-order valence-electron chi connectivity index (χ1n) is 10.1. The number of fused-ring (bicyclic) bond motifs is 1. The number of nitro benzene ring substituents is 1. The van der Waals surface area contributed by atoms with Gasteiger partial charge in [-0.2, -0.15) is 5.10 Å². The van der Waals surface area contributed by atoms with E-state index in [4.69, 9.17) is 9.52 Å². The van der Waals surface area contributed by atoms with Gasteiger partial charge in [-0.15, -0.1) is 0 Å². The van der Waals surface area contributed by atoms with E-state index in [1.54, 1.807) is 18.4 Å². The lowest BCUT2D eigenvalue weighted by Gasteiger charge is -2.30. The van der Waals surface area contributed by atoms with Gasteiger partial charge in [0.2, 0.25) is 0 Å². The van der Waals surface area contributed by atoms with Gasteiger partial charge in [-0.25, -0.2) is 0 Å². The van der Waals surface area contributed by atoms with Gasteiger partial charge in [0.25, 0.3) is 5.69 Å². The van der Waals surface area contributed by atoms with Crippen LogP contribution in [0.1, 0.15) is 36.6 Å². The van der Waals surface area contributed by atoms with Crippen LogP contribution in [0, 0.1) is 16.0 Å². The second kappa shape index (κ2) is 7.63. The molecule has 1 saturated carbocycles. The van der Waals surface area contributed by atoms with E-state index in [-0.39, 0.29) is 22.6 Å². The monoisotopic (exact) mass is 399 g/mol. The third kappa shape index (κ3) is 3.30. The number of para-hydroxylation sites is 1. The molecule has 5 rings (SSSR count). The van der Waals surface area contributed by atoms with Crippen molar-refractivity contribution in [1.29, 1.82) is 0 Å². The van der Waals surface area contributed by atoms with Crippen molar-refractivity contribution in [3.8, 4) is 0 Å². The Bertz CT molecular complexity index is 1120. The van der Waals surface area contributed by atoms with E-state index in [0.29, 0.717) is 0 Å². The molecule has 1 aliphatic heterocycles. The zero-order valence-corrected chi connectivity index (χ0v) is 16.3. The van der Waals surface area contributed by atoms with Crippen LogP contribution in [0.4, 0.5) is 11.4 Å². The van der Waals surface area contributed by atoms with E-state index in [0.717, 1.165) is 42.0 Å². The molecule has 2 heterocycles. The van der Waals surface area contributed by atoms with Gasteiger partial charge < -0.3 is 4.42 Å². The van der Waals surface area contributed by atoms with Gasteiger partial charge in [0.05, 0.1) is 28.6 Å². The molecule has 3 aromatic rings. The van der Waals surface area contributed by atoms with Gasteiger partial charge in [0.1, 0.15) is 5.76 Å². The van der Waals surface area contributed by atoms with Gasteiger partial charge >= 0.3 is 0 Å². The van der Waals surface area contributed by atoms with Gasteiger partial charge in [0, 0.05) is 18.1 Å². The zero-order chi connectivity index (χ0) is 20.5. The fourth-order valence-corrected chi connectivity index (χ4v) is 4.50. The Labute approximate surface area is 174 Å². The average molecular weight is 399 g/mol. The van der Waals surface area contributed by atoms with E-state index in [1.165, 1.54) is 11.6 Å². The minimum atomic E-state index is -0.337. The fourth-order valence-electron chi connectivity index (χ4n) is 4.50. The lowest BCUT2D eigenvalue weighted by atomic mass is 9.77. The minimum Gasteiger partial charge on any atom is -0.465 e. The molecule has 0 N–H and O–H groups in total. The molecule has 150 valence electrons. The van der Waals surface area contributed by atoms with Gasteiger partial charge in [0.15, 0.2) is 0 Å². The Hall–Kier alpha value is -3.67. The van der Waals surface area contributed by atoms with E-state index in [2.05, 4.69) is 6.08 Å². The molecule has 0 radical (unpaired) electrons. The number of anilines is 1. The molecule has 0 spiro atoms. The molecule has 1 aromatic heterocycles.